The summed E-state index contributed by atoms with van der Waals surface area (Å²) in [5.41, 5.74) is 6.86. The van der Waals surface area contributed by atoms with Gasteiger partial charge in [-0.3, -0.25) is 4.79 Å². The number of carbonyl (C=O) groups is 1. The molecule has 20 heavy (non-hydrogen) atoms. The molecule has 1 amide bonds. The second-order valence-electron chi connectivity index (χ2n) is 4.76. The lowest BCUT2D eigenvalue weighted by Gasteiger charge is -2.34. The quantitative estimate of drug-likeness (QED) is 0.896. The highest BCUT2D eigenvalue weighted by atomic mass is 79.9. The minimum Gasteiger partial charge on any atom is -0.383 e. The molecule has 1 aromatic carbocycles. The number of benzene rings is 1. The van der Waals surface area contributed by atoms with Gasteiger partial charge >= 0.3 is 0 Å². The molecule has 1 fully saturated rings. The molecule has 110 valence electrons. The molecule has 2 atom stereocenters. The van der Waals surface area contributed by atoms with Crippen molar-refractivity contribution >= 4 is 21.8 Å². The number of nitrogens with two attached hydrogens (primary N) is 1. The van der Waals surface area contributed by atoms with E-state index in [0.717, 1.165) is 10.0 Å². The smallest absolute Gasteiger partial charge is 0.242 e. The van der Waals surface area contributed by atoms with Crippen molar-refractivity contribution in [3.63, 3.8) is 0 Å². The molecule has 0 saturated carbocycles. The topological polar surface area (TPSA) is 64.8 Å². The molecule has 2 unspecified atom stereocenters. The Morgan fingerprint density at radius 3 is 3.15 bits per heavy atom. The highest BCUT2D eigenvalue weighted by molar-refractivity contribution is 9.10. The molecule has 0 aliphatic carbocycles. The summed E-state index contributed by atoms with van der Waals surface area (Å²) in [6.45, 7) is 1.84. The summed E-state index contributed by atoms with van der Waals surface area (Å²) < 4.78 is 11.7. The first-order chi connectivity index (χ1) is 9.61. The molecule has 1 heterocycles. The monoisotopic (exact) mass is 342 g/mol. The maximum atomic E-state index is 12.2. The summed E-state index contributed by atoms with van der Waals surface area (Å²) in [6, 6.07) is 7.32. The normalized spacial score (nSPS) is 20.8. The van der Waals surface area contributed by atoms with Crippen molar-refractivity contribution in [3.05, 3.63) is 34.3 Å². The largest absolute Gasteiger partial charge is 0.383 e. The number of methoxy groups -OCH3 is 1. The molecule has 0 bridgehead atoms. The van der Waals surface area contributed by atoms with Crippen LogP contribution in [0.1, 0.15) is 11.7 Å². The van der Waals surface area contributed by atoms with Crippen LogP contribution in [-0.2, 0) is 14.3 Å². The fourth-order valence-corrected chi connectivity index (χ4v) is 2.66. The molecule has 2 rings (SSSR count). The van der Waals surface area contributed by atoms with E-state index in [4.69, 9.17) is 15.2 Å². The van der Waals surface area contributed by atoms with Crippen molar-refractivity contribution < 1.29 is 14.3 Å². The zero-order valence-electron chi connectivity index (χ0n) is 11.4. The third-order valence-electron chi connectivity index (χ3n) is 3.26. The number of carbonyl (C=O) groups excluding carboxylic acids is 1. The van der Waals surface area contributed by atoms with E-state index in [-0.39, 0.29) is 18.6 Å². The number of hydrogen-bond donors (Lipinski definition) is 1. The number of halogens is 1. The van der Waals surface area contributed by atoms with Gasteiger partial charge in [-0.15, -0.1) is 0 Å². The Labute approximate surface area is 127 Å². The zero-order chi connectivity index (χ0) is 14.5. The van der Waals surface area contributed by atoms with Gasteiger partial charge in [-0.1, -0.05) is 28.1 Å². The van der Waals surface area contributed by atoms with Crippen molar-refractivity contribution in [1.82, 2.24) is 4.90 Å². The number of hydrogen-bond acceptors (Lipinski definition) is 4. The van der Waals surface area contributed by atoms with Crippen LogP contribution in [0.3, 0.4) is 0 Å². The minimum atomic E-state index is -0.610. The van der Waals surface area contributed by atoms with E-state index in [0.29, 0.717) is 19.7 Å². The van der Waals surface area contributed by atoms with Crippen molar-refractivity contribution in [2.75, 3.05) is 33.4 Å². The zero-order valence-corrected chi connectivity index (χ0v) is 13.0. The molecule has 1 aromatic rings. The maximum Gasteiger partial charge on any atom is 0.242 e. The molecular formula is C14H19BrN2O3. The number of nitrogens with zero attached hydrogens (tertiary/aromatic N) is 1. The number of morpholine rings is 1. The second-order valence-corrected chi connectivity index (χ2v) is 5.68. The number of rotatable bonds is 4. The van der Waals surface area contributed by atoms with Gasteiger partial charge in [0.2, 0.25) is 5.91 Å². The van der Waals surface area contributed by atoms with Gasteiger partial charge in [0.15, 0.2) is 0 Å². The lowest BCUT2D eigenvalue weighted by Crippen LogP contribution is -2.50. The first kappa shape index (κ1) is 15.4. The lowest BCUT2D eigenvalue weighted by molar-refractivity contribution is -0.141. The van der Waals surface area contributed by atoms with Crippen LogP contribution >= 0.6 is 15.9 Å². The highest BCUT2D eigenvalue weighted by Gasteiger charge is 2.28. The molecule has 1 aliphatic heterocycles. The summed E-state index contributed by atoms with van der Waals surface area (Å²) in [6.07, 6.45) is -0.111. The molecule has 0 radical (unpaired) electrons. The van der Waals surface area contributed by atoms with Crippen LogP contribution in [-0.4, -0.2) is 50.3 Å². The van der Waals surface area contributed by atoms with Crippen LogP contribution in [0, 0.1) is 0 Å². The Bertz CT molecular complexity index is 469. The predicted octanol–water partition coefficient (Wildman–Crippen LogP) is 1.32. The Balaban J connectivity index is 2.03. The molecule has 1 aliphatic rings. The Kier molecular flexibility index (Phi) is 5.54. The van der Waals surface area contributed by atoms with E-state index in [9.17, 15) is 4.79 Å². The predicted molar refractivity (Wildman–Crippen MR) is 79.3 cm³/mol. The fourth-order valence-electron chi connectivity index (χ4n) is 2.24. The van der Waals surface area contributed by atoms with Crippen molar-refractivity contribution in [2.45, 2.75) is 12.1 Å². The summed E-state index contributed by atoms with van der Waals surface area (Å²) >= 11 is 3.44. The average molecular weight is 343 g/mol. The summed E-state index contributed by atoms with van der Waals surface area (Å²) in [5.74, 6) is -0.0878. The van der Waals surface area contributed by atoms with Crippen LogP contribution < -0.4 is 5.73 Å². The van der Waals surface area contributed by atoms with E-state index in [1.54, 1.807) is 4.90 Å². The van der Waals surface area contributed by atoms with Gasteiger partial charge in [-0.05, 0) is 17.7 Å². The van der Waals surface area contributed by atoms with E-state index in [2.05, 4.69) is 15.9 Å². The first-order valence-corrected chi connectivity index (χ1v) is 7.31. The van der Waals surface area contributed by atoms with Gasteiger partial charge in [-0.2, -0.15) is 0 Å². The van der Waals surface area contributed by atoms with Gasteiger partial charge in [-0.25, -0.2) is 0 Å². The van der Waals surface area contributed by atoms with E-state index < -0.39 is 6.04 Å². The van der Waals surface area contributed by atoms with Gasteiger partial charge in [0.05, 0.1) is 19.8 Å². The summed E-state index contributed by atoms with van der Waals surface area (Å²) in [4.78, 5) is 13.9. The van der Waals surface area contributed by atoms with Gasteiger partial charge in [0.1, 0.15) is 12.1 Å². The average Bonchev–Trinajstić information content (AvgIpc) is 2.47. The SMILES string of the molecule is COCC(N)C(=O)N1CCOC(c2cccc(Br)c2)C1. The maximum absolute atomic E-state index is 12.2. The fraction of sp³-hybridized carbons (Fsp3) is 0.500. The Morgan fingerprint density at radius 1 is 1.65 bits per heavy atom. The lowest BCUT2D eigenvalue weighted by atomic mass is 10.1. The van der Waals surface area contributed by atoms with Crippen LogP contribution in [0.25, 0.3) is 0 Å². The Morgan fingerprint density at radius 2 is 2.45 bits per heavy atom. The van der Waals surface area contributed by atoms with E-state index >= 15 is 0 Å². The van der Waals surface area contributed by atoms with Gasteiger partial charge < -0.3 is 20.1 Å². The van der Waals surface area contributed by atoms with Crippen LogP contribution in [0.2, 0.25) is 0 Å². The third kappa shape index (κ3) is 3.79. The molecule has 0 aromatic heterocycles. The summed E-state index contributed by atoms with van der Waals surface area (Å²) in [5, 5.41) is 0. The number of amides is 1. The van der Waals surface area contributed by atoms with E-state index in [1.807, 2.05) is 24.3 Å². The van der Waals surface area contributed by atoms with Crippen LogP contribution in [0.5, 0.6) is 0 Å². The third-order valence-corrected chi connectivity index (χ3v) is 3.76. The van der Waals surface area contributed by atoms with Crippen molar-refractivity contribution in [3.8, 4) is 0 Å². The molecule has 2 N–H and O–H groups in total. The molecule has 6 heteroatoms. The number of ether oxygens (including phenoxy) is 2. The minimum absolute atomic E-state index is 0.0878. The van der Waals surface area contributed by atoms with Gasteiger partial charge in [0.25, 0.3) is 0 Å². The molecular weight excluding hydrogens is 324 g/mol. The van der Waals surface area contributed by atoms with Crippen LogP contribution in [0.4, 0.5) is 0 Å². The molecule has 0 spiro atoms. The second kappa shape index (κ2) is 7.17. The summed E-state index contributed by atoms with van der Waals surface area (Å²) in [7, 11) is 1.54. The first-order valence-electron chi connectivity index (χ1n) is 6.52. The molecule has 1 saturated heterocycles. The van der Waals surface area contributed by atoms with Gasteiger partial charge in [0, 0.05) is 18.1 Å². The standard InChI is InChI=1S/C14H19BrN2O3/c1-19-9-12(16)14(18)17-5-6-20-13(8-17)10-3-2-4-11(15)7-10/h2-4,7,12-13H,5-6,8-9,16H2,1H3. The Hall–Kier alpha value is -0.950. The molecule has 5 nitrogen and oxygen atoms in total. The van der Waals surface area contributed by atoms with Crippen LogP contribution in [0.15, 0.2) is 28.7 Å². The van der Waals surface area contributed by atoms with E-state index in [1.165, 1.54) is 7.11 Å². The highest BCUT2D eigenvalue weighted by Crippen LogP contribution is 2.24. The van der Waals surface area contributed by atoms with Crippen molar-refractivity contribution in [2.24, 2.45) is 5.73 Å². The van der Waals surface area contributed by atoms with Crippen molar-refractivity contribution in [1.29, 1.82) is 0 Å².